The van der Waals surface area contributed by atoms with Crippen LogP contribution in [0.5, 0.6) is 0 Å². The van der Waals surface area contributed by atoms with E-state index in [9.17, 15) is 0 Å². The normalized spacial score (nSPS) is 12.9. The molecule has 0 saturated heterocycles. The Morgan fingerprint density at radius 1 is 0.236 bits per heavy atom. The Bertz CT molecular complexity index is 3010. The van der Waals surface area contributed by atoms with E-state index < -0.39 is 5.41 Å². The lowest BCUT2D eigenvalue weighted by Crippen LogP contribution is -2.28. The zero-order chi connectivity index (χ0) is 36.3. The van der Waals surface area contributed by atoms with Crippen molar-refractivity contribution in [3.63, 3.8) is 0 Å². The van der Waals surface area contributed by atoms with Gasteiger partial charge in [0.1, 0.15) is 0 Å². The third-order valence-electron chi connectivity index (χ3n) is 12.0. The monoisotopic (exact) mass is 696 g/mol. The molecule has 0 radical (unpaired) electrons. The van der Waals surface area contributed by atoms with Crippen LogP contribution in [0.15, 0.2) is 218 Å². The Kier molecular flexibility index (Phi) is 7.19. The van der Waals surface area contributed by atoms with Crippen molar-refractivity contribution >= 4 is 32.3 Å². The van der Waals surface area contributed by atoms with Crippen LogP contribution < -0.4 is 0 Å². The molecule has 10 aromatic carbocycles. The summed E-state index contributed by atoms with van der Waals surface area (Å²) in [6.07, 6.45) is 0. The molecule has 0 fully saturated rings. The fourth-order valence-electron chi connectivity index (χ4n) is 9.53. The first-order valence-corrected chi connectivity index (χ1v) is 19.2. The van der Waals surface area contributed by atoms with Crippen molar-refractivity contribution in [3.05, 3.63) is 241 Å². The van der Waals surface area contributed by atoms with Crippen LogP contribution in [-0.4, -0.2) is 0 Å². The minimum absolute atomic E-state index is 0.479. The predicted molar refractivity (Wildman–Crippen MR) is 233 cm³/mol. The molecule has 55 heavy (non-hydrogen) atoms. The van der Waals surface area contributed by atoms with Crippen LogP contribution in [0.3, 0.4) is 0 Å². The molecule has 11 rings (SSSR count). The molecule has 0 unspecified atom stereocenters. The summed E-state index contributed by atoms with van der Waals surface area (Å²) in [6, 6.07) is 81.0. The summed E-state index contributed by atoms with van der Waals surface area (Å²) in [5.74, 6) is 0. The van der Waals surface area contributed by atoms with Crippen molar-refractivity contribution in [3.8, 4) is 44.5 Å². The first kappa shape index (κ1) is 31.5. The third kappa shape index (κ3) is 4.78. The summed E-state index contributed by atoms with van der Waals surface area (Å²) in [5, 5.41) is 7.57. The van der Waals surface area contributed by atoms with E-state index in [2.05, 4.69) is 218 Å². The minimum Gasteiger partial charge on any atom is -0.0622 e. The highest BCUT2D eigenvalue weighted by molar-refractivity contribution is 6.12. The van der Waals surface area contributed by atoms with Gasteiger partial charge in [0.15, 0.2) is 0 Å². The molecule has 0 saturated carbocycles. The van der Waals surface area contributed by atoms with Crippen molar-refractivity contribution in [2.45, 2.75) is 5.41 Å². The standard InChI is InChI=1S/C55H36/c1-3-19-41(20-4-1)55(42-21-5-2-6-22-42)53-28-12-11-25-49(53)52-35-50-48(47-27-14-18-38-16-8-10-24-45(38)47)34-33-46(51(50)36-54(52)55)40-31-29-39(30-32-40)44-26-13-17-37-15-7-9-23-43(37)44/h1-36H. The zero-order valence-electron chi connectivity index (χ0n) is 30.3. The van der Waals surface area contributed by atoms with Gasteiger partial charge in [0.2, 0.25) is 0 Å². The topological polar surface area (TPSA) is 0 Å². The summed E-state index contributed by atoms with van der Waals surface area (Å²) in [4.78, 5) is 0. The van der Waals surface area contributed by atoms with Gasteiger partial charge < -0.3 is 0 Å². The van der Waals surface area contributed by atoms with E-state index in [0.717, 1.165) is 0 Å². The predicted octanol–water partition coefficient (Wildman–Crippen LogP) is 14.5. The van der Waals surface area contributed by atoms with Crippen LogP contribution in [0.4, 0.5) is 0 Å². The first-order valence-electron chi connectivity index (χ1n) is 19.2. The zero-order valence-corrected chi connectivity index (χ0v) is 30.3. The smallest absolute Gasteiger partial charge is 0.0622 e. The van der Waals surface area contributed by atoms with Crippen LogP contribution in [-0.2, 0) is 5.41 Å². The molecular formula is C55H36. The van der Waals surface area contributed by atoms with Gasteiger partial charge in [-0.05, 0) is 111 Å². The van der Waals surface area contributed by atoms with Crippen molar-refractivity contribution in [2.24, 2.45) is 0 Å². The Labute approximate surface area is 321 Å². The summed E-state index contributed by atoms with van der Waals surface area (Å²) in [5.41, 5.74) is 14.7. The van der Waals surface area contributed by atoms with Gasteiger partial charge in [-0.25, -0.2) is 0 Å². The van der Waals surface area contributed by atoms with Crippen molar-refractivity contribution in [1.29, 1.82) is 0 Å². The quantitative estimate of drug-likeness (QED) is 0.168. The molecule has 0 atom stereocenters. The second-order valence-electron chi connectivity index (χ2n) is 14.8. The number of hydrogen-bond acceptors (Lipinski definition) is 0. The Balaban J connectivity index is 1.21. The highest BCUT2D eigenvalue weighted by atomic mass is 14.5. The van der Waals surface area contributed by atoms with Gasteiger partial charge in [0.25, 0.3) is 0 Å². The fourth-order valence-corrected chi connectivity index (χ4v) is 9.53. The number of fused-ring (bicyclic) bond motifs is 6. The molecule has 0 aliphatic heterocycles. The molecule has 1 aliphatic rings. The molecule has 0 aromatic heterocycles. The van der Waals surface area contributed by atoms with Gasteiger partial charge in [-0.2, -0.15) is 0 Å². The number of rotatable bonds is 5. The van der Waals surface area contributed by atoms with E-state index in [0.29, 0.717) is 0 Å². The second-order valence-corrected chi connectivity index (χ2v) is 14.8. The van der Waals surface area contributed by atoms with Crippen molar-refractivity contribution in [1.82, 2.24) is 0 Å². The maximum absolute atomic E-state index is 2.53. The molecule has 0 nitrogen and oxygen atoms in total. The van der Waals surface area contributed by atoms with Crippen LogP contribution in [0.1, 0.15) is 22.3 Å². The summed E-state index contributed by atoms with van der Waals surface area (Å²) in [6.45, 7) is 0. The lowest BCUT2D eigenvalue weighted by atomic mass is 9.67. The fraction of sp³-hybridized carbons (Fsp3) is 0.0182. The van der Waals surface area contributed by atoms with E-state index in [1.54, 1.807) is 0 Å². The third-order valence-corrected chi connectivity index (χ3v) is 12.0. The Morgan fingerprint density at radius 3 is 1.33 bits per heavy atom. The molecular weight excluding hydrogens is 661 g/mol. The lowest BCUT2D eigenvalue weighted by molar-refractivity contribution is 0.769. The summed E-state index contributed by atoms with van der Waals surface area (Å²) >= 11 is 0. The summed E-state index contributed by atoms with van der Waals surface area (Å²) in [7, 11) is 0. The van der Waals surface area contributed by atoms with Gasteiger partial charge in [0, 0.05) is 0 Å². The van der Waals surface area contributed by atoms with Gasteiger partial charge >= 0.3 is 0 Å². The number of benzene rings is 10. The van der Waals surface area contributed by atoms with Crippen molar-refractivity contribution < 1.29 is 0 Å². The average Bonchev–Trinajstić information content (AvgIpc) is 3.55. The minimum atomic E-state index is -0.479. The molecule has 0 bridgehead atoms. The highest BCUT2D eigenvalue weighted by Gasteiger charge is 2.46. The van der Waals surface area contributed by atoms with E-state index in [4.69, 9.17) is 0 Å². The maximum atomic E-state index is 2.53. The van der Waals surface area contributed by atoms with Crippen LogP contribution in [0.25, 0.3) is 76.8 Å². The molecule has 0 heteroatoms. The van der Waals surface area contributed by atoms with E-state index in [1.165, 1.54) is 99.1 Å². The molecule has 0 spiro atoms. The van der Waals surface area contributed by atoms with Gasteiger partial charge in [-0.1, -0.05) is 206 Å². The summed E-state index contributed by atoms with van der Waals surface area (Å²) < 4.78 is 0. The van der Waals surface area contributed by atoms with Gasteiger partial charge in [-0.15, -0.1) is 0 Å². The molecule has 0 amide bonds. The second kappa shape index (κ2) is 12.5. The van der Waals surface area contributed by atoms with Crippen LogP contribution in [0, 0.1) is 0 Å². The van der Waals surface area contributed by atoms with Gasteiger partial charge in [-0.3, -0.25) is 0 Å². The molecule has 10 aromatic rings. The first-order chi connectivity index (χ1) is 27.3. The SMILES string of the molecule is c1ccc(C2(c3ccccc3)c3ccccc3-c3cc4c(-c5cccc6ccccc56)ccc(-c5ccc(-c6cccc7ccccc67)cc5)c4cc32)cc1. The number of hydrogen-bond donors (Lipinski definition) is 0. The van der Waals surface area contributed by atoms with Crippen LogP contribution >= 0.6 is 0 Å². The molecule has 1 aliphatic carbocycles. The lowest BCUT2D eigenvalue weighted by Gasteiger charge is -2.34. The highest BCUT2D eigenvalue weighted by Crippen LogP contribution is 2.58. The Morgan fingerprint density at radius 2 is 0.673 bits per heavy atom. The largest absolute Gasteiger partial charge is 0.0713 e. The molecule has 256 valence electrons. The van der Waals surface area contributed by atoms with E-state index >= 15 is 0 Å². The maximum Gasteiger partial charge on any atom is 0.0713 e. The average molecular weight is 697 g/mol. The van der Waals surface area contributed by atoms with Crippen molar-refractivity contribution in [2.75, 3.05) is 0 Å². The molecule has 0 N–H and O–H groups in total. The van der Waals surface area contributed by atoms with E-state index in [-0.39, 0.29) is 0 Å². The molecule has 0 heterocycles. The Hall–Kier alpha value is -7.02. The van der Waals surface area contributed by atoms with Gasteiger partial charge in [0.05, 0.1) is 5.41 Å². The van der Waals surface area contributed by atoms with E-state index in [1.807, 2.05) is 0 Å². The van der Waals surface area contributed by atoms with Crippen LogP contribution in [0.2, 0.25) is 0 Å².